The van der Waals surface area contributed by atoms with Crippen molar-refractivity contribution in [2.24, 2.45) is 0 Å². The second-order valence-corrected chi connectivity index (χ2v) is 6.17. The second kappa shape index (κ2) is 9.46. The maximum absolute atomic E-state index is 12.4. The van der Waals surface area contributed by atoms with Crippen molar-refractivity contribution in [1.29, 1.82) is 0 Å². The molecule has 0 aliphatic heterocycles. The average molecular weight is 377 g/mol. The van der Waals surface area contributed by atoms with E-state index in [1.165, 1.54) is 5.56 Å². The summed E-state index contributed by atoms with van der Waals surface area (Å²) in [7, 11) is 3.12. The van der Waals surface area contributed by atoms with Crippen LogP contribution in [0.2, 0.25) is 0 Å². The molecule has 1 amide bonds. The second-order valence-electron chi connectivity index (χ2n) is 6.17. The van der Waals surface area contributed by atoms with Gasteiger partial charge in [-0.3, -0.25) is 4.79 Å². The number of methoxy groups -OCH3 is 2. The Hall–Kier alpha value is -3.47. The highest BCUT2D eigenvalue weighted by Crippen LogP contribution is 2.29. The van der Waals surface area contributed by atoms with Crippen molar-refractivity contribution in [1.82, 2.24) is 0 Å². The molecule has 0 saturated carbocycles. The van der Waals surface area contributed by atoms with Gasteiger partial charge in [0, 0.05) is 12.5 Å². The van der Waals surface area contributed by atoms with Gasteiger partial charge in [-0.2, -0.15) is 0 Å². The largest absolute Gasteiger partial charge is 0.497 e. The van der Waals surface area contributed by atoms with Gasteiger partial charge in [-0.15, -0.1) is 0 Å². The van der Waals surface area contributed by atoms with Gasteiger partial charge in [0.05, 0.1) is 19.9 Å². The van der Waals surface area contributed by atoms with Gasteiger partial charge in [0.1, 0.15) is 17.2 Å². The van der Waals surface area contributed by atoms with Crippen molar-refractivity contribution in [2.75, 3.05) is 26.1 Å². The molecule has 3 aromatic rings. The molecule has 0 aliphatic rings. The number of anilines is 1. The third-order valence-electron chi connectivity index (χ3n) is 4.25. The molecule has 0 unspecified atom stereocenters. The summed E-state index contributed by atoms with van der Waals surface area (Å²) < 4.78 is 16.3. The third kappa shape index (κ3) is 5.04. The Morgan fingerprint density at radius 2 is 1.61 bits per heavy atom. The minimum absolute atomic E-state index is 0.105. The van der Waals surface area contributed by atoms with Crippen LogP contribution < -0.4 is 19.5 Å². The number of para-hydroxylation sites is 1. The van der Waals surface area contributed by atoms with Gasteiger partial charge < -0.3 is 19.5 Å². The summed E-state index contributed by atoms with van der Waals surface area (Å²) in [4.78, 5) is 12.4. The number of ether oxygens (including phenoxy) is 3. The van der Waals surface area contributed by atoms with E-state index in [0.717, 1.165) is 12.0 Å². The standard InChI is InChI=1S/C23H23NO4/c1-26-19-12-13-22(27-2)20(15-19)24-23(25)16-28-21-11-7-6-10-18(21)14-17-8-4-3-5-9-17/h3-13,15H,14,16H2,1-2H3,(H,24,25). The Kier molecular flexibility index (Phi) is 6.52. The summed E-state index contributed by atoms with van der Waals surface area (Å²) in [6, 6.07) is 23.1. The van der Waals surface area contributed by atoms with Gasteiger partial charge in [-0.1, -0.05) is 48.5 Å². The van der Waals surface area contributed by atoms with Crippen LogP contribution in [0.3, 0.4) is 0 Å². The molecule has 28 heavy (non-hydrogen) atoms. The molecule has 144 valence electrons. The summed E-state index contributed by atoms with van der Waals surface area (Å²) in [6.07, 6.45) is 0.738. The smallest absolute Gasteiger partial charge is 0.262 e. The van der Waals surface area contributed by atoms with Crippen LogP contribution in [-0.4, -0.2) is 26.7 Å². The predicted molar refractivity (Wildman–Crippen MR) is 109 cm³/mol. The number of hydrogen-bond donors (Lipinski definition) is 1. The van der Waals surface area contributed by atoms with Crippen molar-refractivity contribution < 1.29 is 19.0 Å². The molecule has 0 heterocycles. The van der Waals surface area contributed by atoms with Crippen LogP contribution in [0.5, 0.6) is 17.2 Å². The fourth-order valence-electron chi connectivity index (χ4n) is 2.85. The molecular formula is C23H23NO4. The first kappa shape index (κ1) is 19.3. The van der Waals surface area contributed by atoms with E-state index in [1.807, 2.05) is 42.5 Å². The summed E-state index contributed by atoms with van der Waals surface area (Å²) in [6.45, 7) is -0.105. The quantitative estimate of drug-likeness (QED) is 0.635. The number of carbonyl (C=O) groups excluding carboxylic acids is 1. The first-order valence-corrected chi connectivity index (χ1v) is 8.96. The minimum atomic E-state index is -0.277. The van der Waals surface area contributed by atoms with E-state index in [1.54, 1.807) is 32.4 Å². The number of hydrogen-bond acceptors (Lipinski definition) is 4. The highest BCUT2D eigenvalue weighted by atomic mass is 16.5. The Bertz CT molecular complexity index is 925. The lowest BCUT2D eigenvalue weighted by Gasteiger charge is -2.14. The SMILES string of the molecule is COc1ccc(OC)c(NC(=O)COc2ccccc2Cc2ccccc2)c1. The van der Waals surface area contributed by atoms with Gasteiger partial charge in [0.2, 0.25) is 0 Å². The molecule has 3 aromatic carbocycles. The number of rotatable bonds is 8. The molecule has 0 fully saturated rings. The number of benzene rings is 3. The van der Waals surface area contributed by atoms with E-state index < -0.39 is 0 Å². The summed E-state index contributed by atoms with van der Waals surface area (Å²) in [5, 5.41) is 2.81. The lowest BCUT2D eigenvalue weighted by molar-refractivity contribution is -0.118. The van der Waals surface area contributed by atoms with Gasteiger partial charge in [-0.05, 0) is 29.3 Å². The lowest BCUT2D eigenvalue weighted by atomic mass is 10.0. The van der Waals surface area contributed by atoms with Crippen LogP contribution >= 0.6 is 0 Å². The monoisotopic (exact) mass is 377 g/mol. The maximum atomic E-state index is 12.4. The highest BCUT2D eigenvalue weighted by molar-refractivity contribution is 5.93. The molecule has 0 atom stereocenters. The topological polar surface area (TPSA) is 56.8 Å². The molecule has 0 bridgehead atoms. The number of amides is 1. The molecule has 5 nitrogen and oxygen atoms in total. The first-order valence-electron chi connectivity index (χ1n) is 8.96. The van der Waals surface area contributed by atoms with Gasteiger partial charge in [0.25, 0.3) is 5.91 Å². The average Bonchev–Trinajstić information content (AvgIpc) is 2.74. The van der Waals surface area contributed by atoms with Crippen LogP contribution in [0.4, 0.5) is 5.69 Å². The minimum Gasteiger partial charge on any atom is -0.497 e. The normalized spacial score (nSPS) is 10.2. The highest BCUT2D eigenvalue weighted by Gasteiger charge is 2.11. The van der Waals surface area contributed by atoms with Gasteiger partial charge in [0.15, 0.2) is 6.61 Å². The van der Waals surface area contributed by atoms with Crippen molar-refractivity contribution in [3.05, 3.63) is 83.9 Å². The van der Waals surface area contributed by atoms with Crippen LogP contribution in [0, 0.1) is 0 Å². The van der Waals surface area contributed by atoms with Gasteiger partial charge in [-0.25, -0.2) is 0 Å². The van der Waals surface area contributed by atoms with E-state index in [0.29, 0.717) is 22.9 Å². The third-order valence-corrected chi connectivity index (χ3v) is 4.25. The molecule has 1 N–H and O–H groups in total. The predicted octanol–water partition coefficient (Wildman–Crippen LogP) is 4.31. The molecule has 0 saturated heterocycles. The van der Waals surface area contributed by atoms with Crippen molar-refractivity contribution in [3.8, 4) is 17.2 Å². The molecule has 0 aliphatic carbocycles. The fourth-order valence-corrected chi connectivity index (χ4v) is 2.85. The molecular weight excluding hydrogens is 354 g/mol. The Balaban J connectivity index is 1.65. The molecule has 0 spiro atoms. The summed E-state index contributed by atoms with van der Waals surface area (Å²) in [5.41, 5.74) is 2.75. The molecule has 3 rings (SSSR count). The number of carbonyl (C=O) groups is 1. The van der Waals surface area contributed by atoms with Crippen LogP contribution in [0.1, 0.15) is 11.1 Å². The number of nitrogens with one attached hydrogen (secondary N) is 1. The zero-order valence-corrected chi connectivity index (χ0v) is 16.0. The Labute approximate surface area is 164 Å². The van der Waals surface area contributed by atoms with Crippen molar-refractivity contribution >= 4 is 11.6 Å². The first-order chi connectivity index (χ1) is 13.7. The van der Waals surface area contributed by atoms with E-state index in [9.17, 15) is 4.79 Å². The fraction of sp³-hybridized carbons (Fsp3) is 0.174. The van der Waals surface area contributed by atoms with Crippen LogP contribution in [0.25, 0.3) is 0 Å². The van der Waals surface area contributed by atoms with Crippen LogP contribution in [-0.2, 0) is 11.2 Å². The van der Waals surface area contributed by atoms with Gasteiger partial charge >= 0.3 is 0 Å². The summed E-state index contributed by atoms with van der Waals surface area (Å²) in [5.74, 6) is 1.60. The molecule has 5 heteroatoms. The van der Waals surface area contributed by atoms with Crippen molar-refractivity contribution in [2.45, 2.75) is 6.42 Å². The van der Waals surface area contributed by atoms with E-state index in [2.05, 4.69) is 17.4 Å². The Morgan fingerprint density at radius 3 is 2.36 bits per heavy atom. The Morgan fingerprint density at radius 1 is 0.857 bits per heavy atom. The van der Waals surface area contributed by atoms with Crippen LogP contribution in [0.15, 0.2) is 72.8 Å². The van der Waals surface area contributed by atoms with E-state index in [4.69, 9.17) is 14.2 Å². The lowest BCUT2D eigenvalue weighted by Crippen LogP contribution is -2.21. The van der Waals surface area contributed by atoms with Crippen molar-refractivity contribution in [3.63, 3.8) is 0 Å². The zero-order valence-electron chi connectivity index (χ0n) is 16.0. The molecule has 0 aromatic heterocycles. The maximum Gasteiger partial charge on any atom is 0.262 e. The zero-order chi connectivity index (χ0) is 19.8. The van der Waals surface area contributed by atoms with E-state index in [-0.39, 0.29) is 12.5 Å². The molecule has 0 radical (unpaired) electrons. The van der Waals surface area contributed by atoms with E-state index >= 15 is 0 Å². The summed E-state index contributed by atoms with van der Waals surface area (Å²) >= 11 is 0.